The molecule has 0 atom stereocenters. The van der Waals surface area contributed by atoms with E-state index in [0.717, 1.165) is 4.73 Å². The van der Waals surface area contributed by atoms with Crippen LogP contribution in [0.1, 0.15) is 21.6 Å². The van der Waals surface area contributed by atoms with E-state index in [1.54, 1.807) is 19.9 Å². The number of nitrogens with zero attached hydrogens (tertiary/aromatic N) is 1. The van der Waals surface area contributed by atoms with Crippen LogP contribution in [-0.2, 0) is 0 Å². The minimum Gasteiger partial charge on any atom is -0.477 e. The zero-order chi connectivity index (χ0) is 9.30. The van der Waals surface area contributed by atoms with Crippen molar-refractivity contribution >= 4 is 5.97 Å². The van der Waals surface area contributed by atoms with Crippen LogP contribution in [0, 0.1) is 13.8 Å². The van der Waals surface area contributed by atoms with E-state index in [4.69, 9.17) is 10.3 Å². The van der Waals surface area contributed by atoms with E-state index in [1.165, 1.54) is 6.20 Å². The van der Waals surface area contributed by atoms with Crippen LogP contribution in [0.25, 0.3) is 0 Å². The van der Waals surface area contributed by atoms with Gasteiger partial charge in [-0.2, -0.15) is 0 Å². The first-order valence-corrected chi connectivity index (χ1v) is 3.48. The molecule has 0 bridgehead atoms. The van der Waals surface area contributed by atoms with Gasteiger partial charge in [-0.3, -0.25) is 5.21 Å². The van der Waals surface area contributed by atoms with E-state index in [9.17, 15) is 4.79 Å². The molecule has 1 aromatic rings. The van der Waals surface area contributed by atoms with Crippen molar-refractivity contribution in [2.24, 2.45) is 0 Å². The molecule has 0 fully saturated rings. The molecule has 4 nitrogen and oxygen atoms in total. The topological polar surface area (TPSA) is 61.4 Å². The van der Waals surface area contributed by atoms with Crippen molar-refractivity contribution < 1.29 is 19.8 Å². The molecule has 0 amide bonds. The first-order chi connectivity index (χ1) is 5.54. The van der Waals surface area contributed by atoms with Gasteiger partial charge < -0.3 is 5.11 Å². The Morgan fingerprint density at radius 2 is 2.08 bits per heavy atom. The fourth-order valence-electron chi connectivity index (χ4n) is 1.10. The molecular formula is C8H10NO3+. The van der Waals surface area contributed by atoms with Gasteiger partial charge in [0.1, 0.15) is 5.56 Å². The summed E-state index contributed by atoms with van der Waals surface area (Å²) in [6, 6.07) is 1.55. The zero-order valence-electron chi connectivity index (χ0n) is 6.90. The van der Waals surface area contributed by atoms with Gasteiger partial charge in [0.25, 0.3) is 0 Å². The number of hydrogen-bond donors (Lipinski definition) is 2. The van der Waals surface area contributed by atoms with E-state index < -0.39 is 5.97 Å². The first-order valence-electron chi connectivity index (χ1n) is 3.48. The molecule has 12 heavy (non-hydrogen) atoms. The summed E-state index contributed by atoms with van der Waals surface area (Å²) in [5.74, 6) is -1.02. The number of aryl methyl sites for hydroxylation is 1. The average Bonchev–Trinajstić information content (AvgIpc) is 1.97. The molecule has 0 radical (unpaired) electrons. The molecule has 0 unspecified atom stereocenters. The molecule has 0 spiro atoms. The van der Waals surface area contributed by atoms with Gasteiger partial charge >= 0.3 is 5.97 Å². The smallest absolute Gasteiger partial charge is 0.342 e. The van der Waals surface area contributed by atoms with Crippen molar-refractivity contribution in [3.63, 3.8) is 0 Å². The van der Waals surface area contributed by atoms with Gasteiger partial charge in [-0.25, -0.2) is 4.79 Å². The van der Waals surface area contributed by atoms with Crippen molar-refractivity contribution in [1.82, 2.24) is 0 Å². The van der Waals surface area contributed by atoms with Crippen LogP contribution in [0.5, 0.6) is 0 Å². The summed E-state index contributed by atoms with van der Waals surface area (Å²) in [5.41, 5.74) is 1.13. The van der Waals surface area contributed by atoms with Crippen LogP contribution < -0.4 is 4.73 Å². The number of carboxylic acids is 1. The van der Waals surface area contributed by atoms with Crippen LogP contribution in [0.3, 0.4) is 0 Å². The highest BCUT2D eigenvalue weighted by molar-refractivity contribution is 5.89. The Balaban J connectivity index is 3.43. The molecule has 0 aliphatic carbocycles. The van der Waals surface area contributed by atoms with Gasteiger partial charge in [0.15, 0.2) is 0 Å². The summed E-state index contributed by atoms with van der Waals surface area (Å²) in [5, 5.41) is 17.9. The fraction of sp³-hybridized carbons (Fsp3) is 0.250. The normalized spacial score (nSPS) is 9.83. The highest BCUT2D eigenvalue weighted by Gasteiger charge is 2.19. The van der Waals surface area contributed by atoms with Gasteiger partial charge in [0.05, 0.1) is 0 Å². The number of carboxylic acid groups (broad SMARTS) is 1. The highest BCUT2D eigenvalue weighted by Crippen LogP contribution is 2.08. The molecule has 0 aliphatic rings. The second-order valence-electron chi connectivity index (χ2n) is 2.61. The van der Waals surface area contributed by atoms with Crippen LogP contribution in [0.15, 0.2) is 12.3 Å². The molecule has 1 heterocycles. The maximum absolute atomic E-state index is 10.7. The van der Waals surface area contributed by atoms with E-state index >= 15 is 0 Å². The van der Waals surface area contributed by atoms with E-state index in [2.05, 4.69) is 0 Å². The fourth-order valence-corrected chi connectivity index (χ4v) is 1.10. The minimum absolute atomic E-state index is 0.153. The Kier molecular flexibility index (Phi) is 1.99. The molecular weight excluding hydrogens is 158 g/mol. The molecule has 0 aliphatic heterocycles. The Hall–Kier alpha value is -1.58. The summed E-state index contributed by atoms with van der Waals surface area (Å²) >= 11 is 0. The average molecular weight is 168 g/mol. The largest absolute Gasteiger partial charge is 0.477 e. The lowest BCUT2D eigenvalue weighted by molar-refractivity contribution is -0.908. The number of rotatable bonds is 1. The second-order valence-corrected chi connectivity index (χ2v) is 2.61. The zero-order valence-corrected chi connectivity index (χ0v) is 6.90. The predicted molar refractivity (Wildman–Crippen MR) is 40.3 cm³/mol. The molecule has 2 N–H and O–H groups in total. The van der Waals surface area contributed by atoms with Crippen molar-refractivity contribution in [1.29, 1.82) is 0 Å². The van der Waals surface area contributed by atoms with Gasteiger partial charge in [-0.05, 0) is 12.5 Å². The Morgan fingerprint density at radius 3 is 2.50 bits per heavy atom. The van der Waals surface area contributed by atoms with E-state index in [-0.39, 0.29) is 5.56 Å². The maximum Gasteiger partial charge on any atom is 0.342 e. The quantitative estimate of drug-likeness (QED) is 0.475. The number of hydrogen-bond acceptors (Lipinski definition) is 2. The van der Waals surface area contributed by atoms with Crippen molar-refractivity contribution in [2.45, 2.75) is 13.8 Å². The number of aromatic carboxylic acids is 1. The Labute approximate surface area is 69.7 Å². The first kappa shape index (κ1) is 8.52. The summed E-state index contributed by atoms with van der Waals surface area (Å²) < 4.78 is 0.802. The van der Waals surface area contributed by atoms with Gasteiger partial charge in [0, 0.05) is 17.7 Å². The van der Waals surface area contributed by atoms with Crippen molar-refractivity contribution in [3.05, 3.63) is 29.1 Å². The molecule has 4 heteroatoms. The SMILES string of the molecule is Cc1cc[n+](O)c(C)c1C(=O)O. The molecule has 0 saturated carbocycles. The van der Waals surface area contributed by atoms with Crippen LogP contribution in [-0.4, -0.2) is 16.3 Å². The maximum atomic E-state index is 10.7. The third-order valence-electron chi connectivity index (χ3n) is 1.78. The predicted octanol–water partition coefficient (Wildman–Crippen LogP) is 0.526. The Bertz CT molecular complexity index is 333. The summed E-state index contributed by atoms with van der Waals surface area (Å²) in [6.45, 7) is 3.24. The molecule has 0 saturated heterocycles. The van der Waals surface area contributed by atoms with E-state index in [0.29, 0.717) is 11.3 Å². The Morgan fingerprint density at radius 1 is 1.50 bits per heavy atom. The van der Waals surface area contributed by atoms with Gasteiger partial charge in [-0.1, -0.05) is 0 Å². The van der Waals surface area contributed by atoms with Crippen molar-refractivity contribution in [3.8, 4) is 0 Å². The minimum atomic E-state index is -1.02. The highest BCUT2D eigenvalue weighted by atomic mass is 16.5. The third kappa shape index (κ3) is 1.23. The molecule has 1 aromatic heterocycles. The lowest BCUT2D eigenvalue weighted by atomic mass is 10.1. The van der Waals surface area contributed by atoms with E-state index in [1.807, 2.05) is 0 Å². The summed E-state index contributed by atoms with van der Waals surface area (Å²) in [7, 11) is 0. The van der Waals surface area contributed by atoms with Gasteiger partial charge in [-0.15, -0.1) is 0 Å². The van der Waals surface area contributed by atoms with Crippen LogP contribution in [0.2, 0.25) is 0 Å². The summed E-state index contributed by atoms with van der Waals surface area (Å²) in [6.07, 6.45) is 1.41. The molecule has 64 valence electrons. The monoisotopic (exact) mass is 168 g/mol. The molecule has 1 rings (SSSR count). The number of pyridine rings is 1. The number of aromatic nitrogens is 1. The van der Waals surface area contributed by atoms with Crippen LogP contribution >= 0.6 is 0 Å². The lowest BCUT2D eigenvalue weighted by Gasteiger charge is -1.99. The number of carbonyl (C=O) groups is 1. The molecule has 0 aromatic carbocycles. The lowest BCUT2D eigenvalue weighted by Crippen LogP contribution is -2.35. The standard InChI is InChI=1S/C8H9NO3/c1-5-3-4-9(12)6(2)7(5)8(10)11/h3-4H,1-2H3,(H-,10,11,12)/p+1. The summed E-state index contributed by atoms with van der Waals surface area (Å²) in [4.78, 5) is 10.7. The van der Waals surface area contributed by atoms with Crippen molar-refractivity contribution in [2.75, 3.05) is 0 Å². The van der Waals surface area contributed by atoms with Gasteiger partial charge in [0.2, 0.25) is 11.9 Å². The second kappa shape index (κ2) is 2.81. The third-order valence-corrected chi connectivity index (χ3v) is 1.78. The van der Waals surface area contributed by atoms with Crippen LogP contribution in [0.4, 0.5) is 0 Å².